The summed E-state index contributed by atoms with van der Waals surface area (Å²) in [5.41, 5.74) is 1.20. The number of halogens is 1. The smallest absolute Gasteiger partial charge is 0.257 e. The quantitative estimate of drug-likeness (QED) is 0.634. The number of ether oxygens (including phenoxy) is 1. The maximum atomic E-state index is 13.1. The van der Waals surface area contributed by atoms with Crippen molar-refractivity contribution in [2.24, 2.45) is 5.92 Å². The Balaban J connectivity index is 1.63. The molecule has 3 rings (SSSR count). The number of nitrogens with one attached hydrogen (secondary N) is 1. The Labute approximate surface area is 183 Å². The first-order valence-electron chi connectivity index (χ1n) is 10.6. The van der Waals surface area contributed by atoms with Crippen LogP contribution in [0.2, 0.25) is 5.02 Å². The fraction of sp³-hybridized carbons (Fsp3) is 0.478. The van der Waals surface area contributed by atoms with Gasteiger partial charge in [0.15, 0.2) is 0 Å². The van der Waals surface area contributed by atoms with Gasteiger partial charge in [-0.1, -0.05) is 31.4 Å². The van der Waals surface area contributed by atoms with Crippen LogP contribution in [0, 0.1) is 5.92 Å². The summed E-state index contributed by atoms with van der Waals surface area (Å²) in [5, 5.41) is 3.51. The largest absolute Gasteiger partial charge is 0.496 e. The van der Waals surface area contributed by atoms with Gasteiger partial charge in [-0.05, 0) is 37.5 Å². The van der Waals surface area contributed by atoms with Crippen molar-refractivity contribution >= 4 is 23.4 Å². The lowest BCUT2D eigenvalue weighted by Crippen LogP contribution is -2.43. The number of hydrogen-bond donors (Lipinski definition) is 1. The standard InChI is InChI=1S/C23H30ClN3O3/c1-3-4-5-10-25-22(28)17-8-13-27(14-9-17)23(29)18-15-19(24)20(16-21(18)30-2)26-11-6-7-12-26/h6-7,11-12,15-17H,3-5,8-10,13-14H2,1-2H3,(H,25,28). The molecule has 1 saturated heterocycles. The zero-order valence-corrected chi connectivity index (χ0v) is 18.5. The number of likely N-dealkylation sites (tertiary alicyclic amines) is 1. The van der Waals surface area contributed by atoms with Crippen LogP contribution >= 0.6 is 11.6 Å². The number of amides is 2. The maximum absolute atomic E-state index is 13.1. The summed E-state index contributed by atoms with van der Waals surface area (Å²) < 4.78 is 7.37. The number of aromatic nitrogens is 1. The first kappa shape index (κ1) is 22.2. The number of piperidine rings is 1. The molecule has 162 valence electrons. The number of carbonyl (C=O) groups is 2. The van der Waals surface area contributed by atoms with E-state index in [1.807, 2.05) is 29.1 Å². The van der Waals surface area contributed by atoms with Crippen molar-refractivity contribution in [1.82, 2.24) is 14.8 Å². The molecule has 1 N–H and O–H groups in total. The fourth-order valence-corrected chi connectivity index (χ4v) is 4.08. The Morgan fingerprint density at radius 3 is 2.50 bits per heavy atom. The van der Waals surface area contributed by atoms with Gasteiger partial charge in [0.1, 0.15) is 5.75 Å². The van der Waals surface area contributed by atoms with Gasteiger partial charge in [0.25, 0.3) is 5.91 Å². The van der Waals surface area contributed by atoms with Crippen LogP contribution in [0.25, 0.3) is 5.69 Å². The Hall–Kier alpha value is -2.47. The zero-order chi connectivity index (χ0) is 21.5. The van der Waals surface area contributed by atoms with Gasteiger partial charge in [0.2, 0.25) is 5.91 Å². The second kappa shape index (κ2) is 10.5. The third kappa shape index (κ3) is 5.17. The van der Waals surface area contributed by atoms with Crippen LogP contribution in [0.5, 0.6) is 5.75 Å². The van der Waals surface area contributed by atoms with E-state index in [9.17, 15) is 9.59 Å². The van der Waals surface area contributed by atoms with Crippen molar-refractivity contribution < 1.29 is 14.3 Å². The van der Waals surface area contributed by atoms with Crippen molar-refractivity contribution in [3.05, 3.63) is 47.2 Å². The predicted octanol–water partition coefficient (Wildman–Crippen LogP) is 4.30. The van der Waals surface area contributed by atoms with Crippen molar-refractivity contribution in [3.8, 4) is 11.4 Å². The van der Waals surface area contributed by atoms with Crippen LogP contribution in [-0.4, -0.2) is 48.0 Å². The lowest BCUT2D eigenvalue weighted by molar-refractivity contribution is -0.126. The molecule has 6 nitrogen and oxygen atoms in total. The van der Waals surface area contributed by atoms with Gasteiger partial charge in [-0.15, -0.1) is 0 Å². The minimum atomic E-state index is -0.116. The van der Waals surface area contributed by atoms with Crippen molar-refractivity contribution in [2.45, 2.75) is 39.0 Å². The normalized spacial score (nSPS) is 14.6. The molecule has 2 amide bonds. The number of rotatable bonds is 8. The average Bonchev–Trinajstić information content (AvgIpc) is 3.30. The van der Waals surface area contributed by atoms with Crippen molar-refractivity contribution in [3.63, 3.8) is 0 Å². The molecule has 0 saturated carbocycles. The summed E-state index contributed by atoms with van der Waals surface area (Å²) >= 11 is 6.47. The molecular weight excluding hydrogens is 402 g/mol. The fourth-order valence-electron chi connectivity index (χ4n) is 3.82. The van der Waals surface area contributed by atoms with E-state index in [-0.39, 0.29) is 17.7 Å². The molecule has 2 heterocycles. The molecular formula is C23H30ClN3O3. The topological polar surface area (TPSA) is 63.6 Å². The van der Waals surface area contributed by atoms with Crippen LogP contribution in [0.15, 0.2) is 36.7 Å². The van der Waals surface area contributed by atoms with Crippen LogP contribution in [0.4, 0.5) is 0 Å². The van der Waals surface area contributed by atoms with Gasteiger partial charge >= 0.3 is 0 Å². The van der Waals surface area contributed by atoms with Gasteiger partial charge in [0, 0.05) is 44.0 Å². The first-order valence-corrected chi connectivity index (χ1v) is 11.0. The second-order valence-electron chi connectivity index (χ2n) is 7.66. The second-order valence-corrected chi connectivity index (χ2v) is 8.07. The highest BCUT2D eigenvalue weighted by atomic mass is 35.5. The molecule has 0 bridgehead atoms. The van der Waals surface area contributed by atoms with E-state index in [4.69, 9.17) is 16.3 Å². The van der Waals surface area contributed by atoms with Gasteiger partial charge < -0.3 is 19.5 Å². The van der Waals surface area contributed by atoms with Crippen LogP contribution in [0.1, 0.15) is 49.4 Å². The highest BCUT2D eigenvalue weighted by molar-refractivity contribution is 6.33. The van der Waals surface area contributed by atoms with E-state index in [0.29, 0.717) is 42.3 Å². The summed E-state index contributed by atoms with van der Waals surface area (Å²) in [5.74, 6) is 0.450. The summed E-state index contributed by atoms with van der Waals surface area (Å²) in [6.07, 6.45) is 8.39. The molecule has 1 aliphatic heterocycles. The lowest BCUT2D eigenvalue weighted by atomic mass is 9.95. The Morgan fingerprint density at radius 1 is 1.17 bits per heavy atom. The molecule has 0 spiro atoms. The van der Waals surface area contributed by atoms with Crippen LogP contribution in [-0.2, 0) is 4.79 Å². The average molecular weight is 432 g/mol. The monoisotopic (exact) mass is 431 g/mol. The number of methoxy groups -OCH3 is 1. The molecule has 0 unspecified atom stereocenters. The summed E-state index contributed by atoms with van der Waals surface area (Å²) in [6.45, 7) is 3.97. The zero-order valence-electron chi connectivity index (χ0n) is 17.7. The summed E-state index contributed by atoms with van der Waals surface area (Å²) in [6, 6.07) is 7.27. The molecule has 0 radical (unpaired) electrons. The Kier molecular flexibility index (Phi) is 7.80. The lowest BCUT2D eigenvalue weighted by Gasteiger charge is -2.32. The molecule has 1 aliphatic rings. The summed E-state index contributed by atoms with van der Waals surface area (Å²) in [7, 11) is 1.55. The minimum Gasteiger partial charge on any atom is -0.496 e. The minimum absolute atomic E-state index is 0.0303. The van der Waals surface area contributed by atoms with Crippen molar-refractivity contribution in [2.75, 3.05) is 26.7 Å². The molecule has 1 aromatic carbocycles. The first-order chi connectivity index (χ1) is 14.5. The van der Waals surface area contributed by atoms with E-state index < -0.39 is 0 Å². The number of benzene rings is 1. The van der Waals surface area contributed by atoms with E-state index in [1.54, 1.807) is 24.1 Å². The van der Waals surface area contributed by atoms with Crippen LogP contribution in [0.3, 0.4) is 0 Å². The van der Waals surface area contributed by atoms with Crippen molar-refractivity contribution in [1.29, 1.82) is 0 Å². The molecule has 0 aliphatic carbocycles. The SMILES string of the molecule is CCCCCNC(=O)C1CCN(C(=O)c2cc(Cl)c(-n3cccc3)cc2OC)CC1. The highest BCUT2D eigenvalue weighted by Gasteiger charge is 2.29. The maximum Gasteiger partial charge on any atom is 0.257 e. The Morgan fingerprint density at radius 2 is 1.87 bits per heavy atom. The number of hydrogen-bond acceptors (Lipinski definition) is 3. The van der Waals surface area contributed by atoms with Gasteiger partial charge in [-0.2, -0.15) is 0 Å². The Bertz CT molecular complexity index is 859. The summed E-state index contributed by atoms with van der Waals surface area (Å²) in [4.78, 5) is 27.3. The molecule has 7 heteroatoms. The highest BCUT2D eigenvalue weighted by Crippen LogP contribution is 2.31. The van der Waals surface area contributed by atoms with Crippen LogP contribution < -0.4 is 10.1 Å². The predicted molar refractivity (Wildman–Crippen MR) is 118 cm³/mol. The molecule has 1 aromatic heterocycles. The van der Waals surface area contributed by atoms with E-state index in [1.165, 1.54) is 0 Å². The van der Waals surface area contributed by atoms with E-state index in [0.717, 1.165) is 31.5 Å². The van der Waals surface area contributed by atoms with Gasteiger partial charge in [-0.25, -0.2) is 0 Å². The van der Waals surface area contributed by atoms with E-state index in [2.05, 4.69) is 12.2 Å². The molecule has 2 aromatic rings. The third-order valence-corrected chi connectivity index (χ3v) is 5.92. The van der Waals surface area contributed by atoms with E-state index >= 15 is 0 Å². The number of unbranched alkanes of at least 4 members (excludes halogenated alkanes) is 2. The number of nitrogens with zero attached hydrogens (tertiary/aromatic N) is 2. The third-order valence-electron chi connectivity index (χ3n) is 5.61. The molecule has 1 fully saturated rings. The number of carbonyl (C=O) groups excluding carboxylic acids is 2. The van der Waals surface area contributed by atoms with Gasteiger partial charge in [0.05, 0.1) is 23.4 Å². The molecule has 30 heavy (non-hydrogen) atoms. The van der Waals surface area contributed by atoms with Gasteiger partial charge in [-0.3, -0.25) is 9.59 Å². The molecule has 0 atom stereocenters.